The van der Waals surface area contributed by atoms with E-state index in [2.05, 4.69) is 15.3 Å². The zero-order valence-corrected chi connectivity index (χ0v) is 11.7. The molecule has 0 radical (unpaired) electrons. The first-order chi connectivity index (χ1) is 9.15. The van der Waals surface area contributed by atoms with Crippen molar-refractivity contribution in [2.24, 2.45) is 0 Å². The Morgan fingerprint density at radius 1 is 1.37 bits per heavy atom. The lowest BCUT2D eigenvalue weighted by Gasteiger charge is -2.24. The standard InChI is InChI=1S/C14H22N4O/c1-11(19)9-18(2)14-8-13(15-10-16-14)17-12-6-4-3-5-7-12/h8,10,12H,3-7,9H2,1-2H3,(H,15,16,17). The van der Waals surface area contributed by atoms with Crippen molar-refractivity contribution in [3.8, 4) is 0 Å². The molecule has 1 heterocycles. The quantitative estimate of drug-likeness (QED) is 0.882. The van der Waals surface area contributed by atoms with Gasteiger partial charge in [-0.15, -0.1) is 0 Å². The van der Waals surface area contributed by atoms with E-state index in [1.165, 1.54) is 32.1 Å². The van der Waals surface area contributed by atoms with E-state index >= 15 is 0 Å². The summed E-state index contributed by atoms with van der Waals surface area (Å²) in [5, 5.41) is 3.47. The number of Topliss-reactive ketones (excluding diaryl/α,β-unsaturated/α-hetero) is 1. The van der Waals surface area contributed by atoms with Gasteiger partial charge in [-0.25, -0.2) is 9.97 Å². The zero-order valence-electron chi connectivity index (χ0n) is 11.7. The van der Waals surface area contributed by atoms with Crippen molar-refractivity contribution in [2.45, 2.75) is 45.1 Å². The van der Waals surface area contributed by atoms with Gasteiger partial charge in [0, 0.05) is 19.2 Å². The number of likely N-dealkylation sites (N-methyl/N-ethyl adjacent to an activating group) is 1. The van der Waals surface area contributed by atoms with Crippen LogP contribution in [0.1, 0.15) is 39.0 Å². The molecule has 1 aromatic rings. The molecule has 1 aliphatic carbocycles. The average molecular weight is 262 g/mol. The fourth-order valence-electron chi connectivity index (χ4n) is 2.51. The lowest BCUT2D eigenvalue weighted by atomic mass is 9.95. The molecule has 0 aliphatic heterocycles. The molecule has 0 spiro atoms. The van der Waals surface area contributed by atoms with Crippen LogP contribution >= 0.6 is 0 Å². The Kier molecular flexibility index (Phi) is 4.71. The fraction of sp³-hybridized carbons (Fsp3) is 0.643. The van der Waals surface area contributed by atoms with Gasteiger partial charge in [-0.05, 0) is 19.8 Å². The number of nitrogens with zero attached hydrogens (tertiary/aromatic N) is 3. The van der Waals surface area contributed by atoms with Crippen LogP contribution in [0.15, 0.2) is 12.4 Å². The second-order valence-corrected chi connectivity index (χ2v) is 5.30. The van der Waals surface area contributed by atoms with E-state index in [1.807, 2.05) is 18.0 Å². The van der Waals surface area contributed by atoms with Gasteiger partial charge in [0.25, 0.3) is 0 Å². The molecule has 1 aliphatic rings. The normalized spacial score (nSPS) is 16.1. The van der Waals surface area contributed by atoms with Crippen molar-refractivity contribution in [2.75, 3.05) is 23.8 Å². The first-order valence-electron chi connectivity index (χ1n) is 6.94. The smallest absolute Gasteiger partial charge is 0.149 e. The number of carbonyl (C=O) groups excluding carboxylic acids is 1. The maximum Gasteiger partial charge on any atom is 0.149 e. The molecule has 1 N–H and O–H groups in total. The number of anilines is 2. The van der Waals surface area contributed by atoms with Crippen molar-refractivity contribution < 1.29 is 4.79 Å². The van der Waals surface area contributed by atoms with Gasteiger partial charge in [-0.2, -0.15) is 0 Å². The Labute approximate surface area is 114 Å². The number of rotatable bonds is 5. The van der Waals surface area contributed by atoms with E-state index in [-0.39, 0.29) is 5.78 Å². The molecule has 0 aromatic carbocycles. The van der Waals surface area contributed by atoms with Gasteiger partial charge < -0.3 is 10.2 Å². The topological polar surface area (TPSA) is 58.1 Å². The maximum atomic E-state index is 11.1. The summed E-state index contributed by atoms with van der Waals surface area (Å²) in [5.74, 6) is 1.76. The molecule has 0 atom stereocenters. The van der Waals surface area contributed by atoms with Gasteiger partial charge in [-0.3, -0.25) is 4.79 Å². The van der Waals surface area contributed by atoms with Crippen molar-refractivity contribution >= 4 is 17.4 Å². The number of aromatic nitrogens is 2. The summed E-state index contributed by atoms with van der Waals surface area (Å²) >= 11 is 0. The molecular formula is C14H22N4O. The van der Waals surface area contributed by atoms with E-state index in [4.69, 9.17) is 0 Å². The highest BCUT2D eigenvalue weighted by atomic mass is 16.1. The summed E-state index contributed by atoms with van der Waals surface area (Å²) in [4.78, 5) is 21.4. The van der Waals surface area contributed by atoms with Crippen molar-refractivity contribution in [1.82, 2.24) is 9.97 Å². The predicted molar refractivity (Wildman–Crippen MR) is 76.5 cm³/mol. The largest absolute Gasteiger partial charge is 0.367 e. The lowest BCUT2D eigenvalue weighted by Crippen LogP contribution is -2.26. The molecule has 5 nitrogen and oxygen atoms in total. The fourth-order valence-corrected chi connectivity index (χ4v) is 2.51. The summed E-state index contributed by atoms with van der Waals surface area (Å²) < 4.78 is 0. The van der Waals surface area contributed by atoms with Crippen molar-refractivity contribution in [1.29, 1.82) is 0 Å². The number of carbonyl (C=O) groups is 1. The van der Waals surface area contributed by atoms with Crippen LogP contribution in [-0.2, 0) is 4.79 Å². The molecule has 1 aromatic heterocycles. The molecule has 104 valence electrons. The highest BCUT2D eigenvalue weighted by Crippen LogP contribution is 2.21. The zero-order chi connectivity index (χ0) is 13.7. The summed E-state index contributed by atoms with van der Waals surface area (Å²) in [5.41, 5.74) is 0. The monoisotopic (exact) mass is 262 g/mol. The Hall–Kier alpha value is -1.65. The summed E-state index contributed by atoms with van der Waals surface area (Å²) in [6, 6.07) is 2.44. The number of nitrogens with one attached hydrogen (secondary N) is 1. The molecule has 5 heteroatoms. The molecule has 2 rings (SSSR count). The highest BCUT2D eigenvalue weighted by Gasteiger charge is 2.14. The molecule has 0 amide bonds. The minimum absolute atomic E-state index is 0.128. The Bertz CT molecular complexity index is 429. The van der Waals surface area contributed by atoms with Crippen molar-refractivity contribution in [3.05, 3.63) is 12.4 Å². The third-order valence-electron chi connectivity index (χ3n) is 3.46. The molecule has 1 fully saturated rings. The third-order valence-corrected chi connectivity index (χ3v) is 3.46. The van der Waals surface area contributed by atoms with E-state index < -0.39 is 0 Å². The second kappa shape index (κ2) is 6.50. The van der Waals surface area contributed by atoms with Gasteiger partial charge in [0.15, 0.2) is 0 Å². The minimum atomic E-state index is 0.128. The van der Waals surface area contributed by atoms with E-state index in [1.54, 1.807) is 13.3 Å². The van der Waals surface area contributed by atoms with Crippen LogP contribution in [0.2, 0.25) is 0 Å². The molecule has 19 heavy (non-hydrogen) atoms. The van der Waals surface area contributed by atoms with Gasteiger partial charge in [0.05, 0.1) is 6.54 Å². The van der Waals surface area contributed by atoms with Crippen molar-refractivity contribution in [3.63, 3.8) is 0 Å². The first-order valence-corrected chi connectivity index (χ1v) is 6.94. The Morgan fingerprint density at radius 2 is 2.11 bits per heavy atom. The van der Waals surface area contributed by atoms with Crippen LogP contribution in [-0.4, -0.2) is 35.4 Å². The van der Waals surface area contributed by atoms with Crippen LogP contribution in [0.5, 0.6) is 0 Å². The second-order valence-electron chi connectivity index (χ2n) is 5.30. The predicted octanol–water partition coefficient (Wildman–Crippen LogP) is 2.25. The molecule has 0 unspecified atom stereocenters. The lowest BCUT2D eigenvalue weighted by molar-refractivity contribution is -0.115. The van der Waals surface area contributed by atoms with Crippen LogP contribution < -0.4 is 10.2 Å². The van der Waals surface area contributed by atoms with Gasteiger partial charge in [0.2, 0.25) is 0 Å². The number of hydrogen-bond donors (Lipinski definition) is 1. The van der Waals surface area contributed by atoms with E-state index in [0.717, 1.165) is 11.6 Å². The summed E-state index contributed by atoms with van der Waals surface area (Å²) in [6.45, 7) is 1.96. The number of hydrogen-bond acceptors (Lipinski definition) is 5. The molecule has 1 saturated carbocycles. The highest BCUT2D eigenvalue weighted by molar-refractivity contribution is 5.80. The summed E-state index contributed by atoms with van der Waals surface area (Å²) in [6.07, 6.45) is 7.90. The molecular weight excluding hydrogens is 240 g/mol. The minimum Gasteiger partial charge on any atom is -0.367 e. The number of ketones is 1. The van der Waals surface area contributed by atoms with Gasteiger partial charge >= 0.3 is 0 Å². The Balaban J connectivity index is 1.99. The van der Waals surface area contributed by atoms with Gasteiger partial charge in [-0.1, -0.05) is 19.3 Å². The third kappa shape index (κ3) is 4.19. The summed E-state index contributed by atoms with van der Waals surface area (Å²) in [7, 11) is 1.87. The van der Waals surface area contributed by atoms with Crippen LogP contribution in [0.4, 0.5) is 11.6 Å². The van der Waals surface area contributed by atoms with E-state index in [0.29, 0.717) is 12.6 Å². The van der Waals surface area contributed by atoms with Crippen LogP contribution in [0, 0.1) is 0 Å². The Morgan fingerprint density at radius 3 is 2.79 bits per heavy atom. The molecule has 0 bridgehead atoms. The molecule has 0 saturated heterocycles. The first kappa shape index (κ1) is 13.8. The average Bonchev–Trinajstić information content (AvgIpc) is 2.39. The van der Waals surface area contributed by atoms with Crippen LogP contribution in [0.3, 0.4) is 0 Å². The van der Waals surface area contributed by atoms with Gasteiger partial charge in [0.1, 0.15) is 23.7 Å². The van der Waals surface area contributed by atoms with Crippen LogP contribution in [0.25, 0.3) is 0 Å². The van der Waals surface area contributed by atoms with E-state index in [9.17, 15) is 4.79 Å². The maximum absolute atomic E-state index is 11.1. The SMILES string of the molecule is CC(=O)CN(C)c1cc(NC2CCCCC2)ncn1.